The van der Waals surface area contributed by atoms with Crippen LogP contribution < -0.4 is 14.2 Å². The number of hydrogen-bond donors (Lipinski definition) is 0. The zero-order valence-electron chi connectivity index (χ0n) is 30.4. The van der Waals surface area contributed by atoms with E-state index in [1.54, 1.807) is 39.5 Å². The minimum atomic E-state index is -3.49. The summed E-state index contributed by atoms with van der Waals surface area (Å²) in [7, 11) is 1.60. The lowest BCUT2D eigenvalue weighted by atomic mass is 9.70. The Bertz CT molecular complexity index is 2210. The molecule has 5 aromatic carbocycles. The Morgan fingerprint density at radius 1 is 0.577 bits per heavy atom. The quantitative estimate of drug-likeness (QED) is 0.0858. The van der Waals surface area contributed by atoms with Crippen molar-refractivity contribution in [2.75, 3.05) is 27.6 Å². The number of allylic oxidation sites excluding steroid dienone is 1. The highest BCUT2D eigenvalue weighted by Crippen LogP contribution is 2.41. The second-order valence-corrected chi connectivity index (χ2v) is 15.1. The predicted molar refractivity (Wildman–Crippen MR) is 207 cm³/mol. The van der Waals surface area contributed by atoms with Gasteiger partial charge in [-0.2, -0.15) is 4.79 Å². The van der Waals surface area contributed by atoms with E-state index in [4.69, 9.17) is 19.7 Å². The molecule has 52 heavy (non-hydrogen) atoms. The Balaban J connectivity index is 0.000000292. The van der Waals surface area contributed by atoms with E-state index in [0.29, 0.717) is 5.56 Å². The van der Waals surface area contributed by atoms with Gasteiger partial charge in [-0.05, 0) is 71.1 Å². The smallest absolute Gasteiger partial charge is 0.364 e. The van der Waals surface area contributed by atoms with Crippen molar-refractivity contribution < 1.29 is 33.6 Å². The average molecular weight is 717 g/mol. The molecule has 0 heterocycles. The van der Waals surface area contributed by atoms with Gasteiger partial charge in [0.25, 0.3) is 5.78 Å². The first-order chi connectivity index (χ1) is 24.8. The number of fused-ring (bicyclic) bond motifs is 1. The lowest BCUT2D eigenvalue weighted by Gasteiger charge is -2.33. The fourth-order valence-electron chi connectivity index (χ4n) is 6.43. The maximum Gasteiger partial charge on any atom is 0.364 e. The molecule has 6 rings (SSSR count). The van der Waals surface area contributed by atoms with Crippen LogP contribution in [0.4, 0.5) is 0 Å². The number of benzene rings is 5. The second kappa shape index (κ2) is 15.2. The number of rotatable bonds is 9. The molecule has 0 spiro atoms. The van der Waals surface area contributed by atoms with Crippen LogP contribution in [0, 0.1) is 0 Å². The molecule has 0 saturated carbocycles. The normalized spacial score (nSPS) is 12.8. The van der Waals surface area contributed by atoms with E-state index in [1.165, 1.54) is 33.9 Å². The number of ether oxygens (including phenoxy) is 3. The van der Waals surface area contributed by atoms with E-state index in [1.807, 2.05) is 36.4 Å². The molecule has 1 aliphatic rings. The minimum absolute atomic E-state index is 0. The van der Waals surface area contributed by atoms with Gasteiger partial charge in [0.2, 0.25) is 0 Å². The van der Waals surface area contributed by atoms with E-state index in [2.05, 4.69) is 86.2 Å². The van der Waals surface area contributed by atoms with Gasteiger partial charge < -0.3 is 19.7 Å². The zero-order valence-corrected chi connectivity index (χ0v) is 31.2. The number of Topliss-reactive ketones (excluding diaryl/α,β-unsaturated/α-hetero) is 1. The number of methoxy groups -OCH3 is 3. The van der Waals surface area contributed by atoms with Crippen LogP contribution in [0.25, 0.3) is 10.4 Å². The largest absolute Gasteiger partial charge is 0.497 e. The third kappa shape index (κ3) is 7.47. The second-order valence-electron chi connectivity index (χ2n) is 13.2. The lowest BCUT2D eigenvalue weighted by molar-refractivity contribution is -0.00437. The van der Waals surface area contributed by atoms with Crippen molar-refractivity contribution in [3.05, 3.63) is 172 Å². The zero-order chi connectivity index (χ0) is 37.7. The summed E-state index contributed by atoms with van der Waals surface area (Å²) in [5, 5.41) is 0. The Morgan fingerprint density at radius 2 is 0.923 bits per heavy atom. The summed E-state index contributed by atoms with van der Waals surface area (Å²) < 4.78 is 39.4. The van der Waals surface area contributed by atoms with Crippen LogP contribution >= 0.6 is 0 Å². The highest BCUT2D eigenvalue weighted by molar-refractivity contribution is 8.00. The van der Waals surface area contributed by atoms with Gasteiger partial charge in [-0.1, -0.05) is 98.8 Å². The fourth-order valence-corrected chi connectivity index (χ4v) is 7.33. The van der Waals surface area contributed by atoms with E-state index >= 15 is 0 Å². The number of nitrogens with zero attached hydrogens (tertiary/aromatic N) is 2. The molecule has 0 radical (unpaired) electrons. The van der Waals surface area contributed by atoms with Gasteiger partial charge in [0.05, 0.1) is 32.3 Å². The van der Waals surface area contributed by atoms with Crippen molar-refractivity contribution >= 4 is 26.2 Å². The summed E-state index contributed by atoms with van der Waals surface area (Å²) >= 11 is 0. The molecule has 0 atom stereocenters. The molecule has 5 aromatic rings. The van der Waals surface area contributed by atoms with E-state index < -0.39 is 15.6 Å². The molecule has 0 N–H and O–H groups in total. The minimum Gasteiger partial charge on any atom is -0.497 e. The molecule has 0 amide bonds. The van der Waals surface area contributed by atoms with Crippen LogP contribution in [0.1, 0.15) is 65.9 Å². The number of sulfone groups is 1. The summed E-state index contributed by atoms with van der Waals surface area (Å²) in [6, 6.07) is 40.4. The van der Waals surface area contributed by atoms with Gasteiger partial charge in [0, 0.05) is 29.6 Å². The average Bonchev–Trinajstić information content (AvgIpc) is 3.17. The van der Waals surface area contributed by atoms with Crippen molar-refractivity contribution in [1.29, 1.82) is 0 Å². The monoisotopic (exact) mass is 716 g/mol. The van der Waals surface area contributed by atoms with Crippen molar-refractivity contribution in [2.24, 2.45) is 0 Å². The van der Waals surface area contributed by atoms with Crippen LogP contribution in [0.3, 0.4) is 0 Å². The molecule has 0 saturated heterocycles. The molecule has 8 nitrogen and oxygen atoms in total. The van der Waals surface area contributed by atoms with Crippen molar-refractivity contribution in [2.45, 2.75) is 31.6 Å². The van der Waals surface area contributed by atoms with Gasteiger partial charge in [-0.15, -0.1) is 0 Å². The molecular weight excluding hydrogens is 673 g/mol. The van der Waals surface area contributed by atoms with Crippen molar-refractivity contribution in [3.8, 4) is 17.2 Å². The summed E-state index contributed by atoms with van der Waals surface area (Å²) in [4.78, 5) is 14.6. The molecule has 0 unspecified atom stereocenters. The maximum atomic E-state index is 11.8. The highest BCUT2D eigenvalue weighted by Gasteiger charge is 2.34. The lowest BCUT2D eigenvalue weighted by Crippen LogP contribution is -2.26. The molecule has 0 aromatic heterocycles. The predicted octanol–water partition coefficient (Wildman–Crippen LogP) is 8.58. The molecule has 9 heteroatoms. The highest BCUT2D eigenvalue weighted by atomic mass is 32.2. The molecule has 1 aliphatic carbocycles. The first kappa shape index (κ1) is 37.5. The van der Waals surface area contributed by atoms with Gasteiger partial charge in [-0.25, -0.2) is 8.42 Å². The van der Waals surface area contributed by atoms with E-state index in [0.717, 1.165) is 29.6 Å². The van der Waals surface area contributed by atoms with Crippen molar-refractivity contribution in [3.63, 3.8) is 0 Å². The van der Waals surface area contributed by atoms with Crippen LogP contribution in [0.5, 0.6) is 17.2 Å². The summed E-state index contributed by atoms with van der Waals surface area (Å²) in [5.41, 5.74) is 14.6. The first-order valence-electron chi connectivity index (χ1n) is 16.6. The van der Waals surface area contributed by atoms with Gasteiger partial charge in [-0.3, -0.25) is 4.79 Å². The van der Waals surface area contributed by atoms with Crippen LogP contribution in [-0.4, -0.2) is 52.3 Å². The first-order valence-corrected chi connectivity index (χ1v) is 18.5. The van der Waals surface area contributed by atoms with Crippen LogP contribution in [0.15, 0.2) is 127 Å². The third-order valence-electron chi connectivity index (χ3n) is 9.78. The summed E-state index contributed by atoms with van der Waals surface area (Å²) in [6.45, 7) is 6.80. The number of ketones is 1. The third-order valence-corrected chi connectivity index (χ3v) is 10.9. The fraction of sp³-hybridized carbons (Fsp3) is 0.209. The topological polar surface area (TPSA) is 115 Å². The number of carbonyl (C=O) groups excluding carboxylic acids is 1. The summed E-state index contributed by atoms with van der Waals surface area (Å²) in [5.74, 6) is 2.08. The molecule has 0 fully saturated rings. The molecule has 0 bridgehead atoms. The van der Waals surface area contributed by atoms with E-state index in [9.17, 15) is 13.2 Å². The van der Waals surface area contributed by atoms with Gasteiger partial charge in [0.15, 0.2) is 9.84 Å². The Labute approximate surface area is 307 Å². The van der Waals surface area contributed by atoms with Gasteiger partial charge in [0.1, 0.15) is 17.2 Å². The van der Waals surface area contributed by atoms with Gasteiger partial charge >= 0.3 is 5.71 Å². The van der Waals surface area contributed by atoms with Crippen molar-refractivity contribution in [1.82, 2.24) is 0 Å². The Hall–Kier alpha value is -5.76. The maximum absolute atomic E-state index is 11.8. The Kier molecular flexibility index (Phi) is 11.0. The van der Waals surface area contributed by atoms with Crippen LogP contribution in [0.2, 0.25) is 0 Å². The molecule has 268 valence electrons. The molecule has 0 aliphatic heterocycles. The number of hydrogen-bond acceptors (Lipinski definition) is 6. The Morgan fingerprint density at radius 3 is 1.29 bits per heavy atom. The molecular formula is C43H44N2O6S. The van der Waals surface area contributed by atoms with E-state index in [-0.39, 0.29) is 28.4 Å². The standard InChI is InChI=1S/C32H34O3.C11H8N2O3S.H2/c1-31(2,24-11-17-28(33-4)18-12-24)23-7-9-25(10-8-23)32(3,26-13-19-29(34-5)20-14-26)27-15-21-30(35-6)22-16-27;1-17(15,16)10-6-9(13-12)11(14)8-5-3-2-4-7(8)10;/h7-22H,1-6H3;2-6H,1H3;1H. The number of carbonyl (C=O) groups is 1. The van der Waals surface area contributed by atoms with Crippen LogP contribution in [-0.2, 0) is 20.7 Å². The summed E-state index contributed by atoms with van der Waals surface area (Å²) in [6.07, 6.45) is 2.13. The SMILES string of the molecule is COc1ccc(C(C)(C)c2ccc(C(C)(c3ccc(OC)cc3)c3ccc(OC)cc3)cc2)cc1.CS(=O)(=O)C1=CC(=[N+]=[N-])C(=O)c2ccccc21.[HH].